The largest absolute Gasteiger partial charge is 0.504 e. The number of methoxy groups -OCH3 is 1. The molecule has 4 nitrogen and oxygen atoms in total. The molecule has 5 heteroatoms. The molecule has 1 fully saturated rings. The quantitative estimate of drug-likeness (QED) is 0.900. The Balaban J connectivity index is 2.56. The van der Waals surface area contributed by atoms with Crippen LogP contribution >= 0.6 is 15.9 Å². The molecule has 0 amide bonds. The Kier molecular flexibility index (Phi) is 3.03. The van der Waals surface area contributed by atoms with E-state index in [1.54, 1.807) is 12.1 Å². The van der Waals surface area contributed by atoms with Crippen molar-refractivity contribution in [1.29, 1.82) is 0 Å². The van der Waals surface area contributed by atoms with E-state index in [0.29, 0.717) is 22.9 Å². The van der Waals surface area contributed by atoms with Crippen LogP contribution in [0.2, 0.25) is 0 Å². The van der Waals surface area contributed by atoms with E-state index in [2.05, 4.69) is 15.9 Å². The molecule has 1 saturated carbocycles. The maximum Gasteiger partial charge on any atom is 0.314 e. The van der Waals surface area contributed by atoms with Crippen molar-refractivity contribution in [3.8, 4) is 11.5 Å². The number of carboxylic acids is 1. The van der Waals surface area contributed by atoms with Crippen LogP contribution < -0.4 is 4.74 Å². The van der Waals surface area contributed by atoms with Crippen molar-refractivity contribution in [3.63, 3.8) is 0 Å². The summed E-state index contributed by atoms with van der Waals surface area (Å²) >= 11 is 3.25. The van der Waals surface area contributed by atoms with Gasteiger partial charge in [0.05, 0.1) is 17.0 Å². The number of aromatic hydroxyl groups is 1. The Morgan fingerprint density at radius 3 is 2.53 bits per heavy atom. The van der Waals surface area contributed by atoms with Crippen molar-refractivity contribution in [3.05, 3.63) is 22.2 Å². The van der Waals surface area contributed by atoms with Crippen molar-refractivity contribution in [2.75, 3.05) is 7.11 Å². The fourth-order valence-electron chi connectivity index (χ4n) is 2.26. The number of rotatable bonds is 3. The number of carboxylic acid groups (broad SMARTS) is 1. The summed E-state index contributed by atoms with van der Waals surface area (Å²) in [7, 11) is 1.44. The normalized spacial score (nSPS) is 17.3. The molecular formula is C12H13BrO4. The Morgan fingerprint density at radius 1 is 1.47 bits per heavy atom. The average molecular weight is 301 g/mol. The molecule has 0 spiro atoms. The molecule has 0 bridgehead atoms. The van der Waals surface area contributed by atoms with E-state index in [1.807, 2.05) is 0 Å². The first kappa shape index (κ1) is 12.2. The van der Waals surface area contributed by atoms with Gasteiger partial charge in [-0.3, -0.25) is 4.79 Å². The molecule has 0 unspecified atom stereocenters. The molecule has 0 radical (unpaired) electrons. The number of benzene rings is 1. The molecule has 2 N–H and O–H groups in total. The van der Waals surface area contributed by atoms with Gasteiger partial charge in [-0.15, -0.1) is 0 Å². The molecule has 1 aromatic rings. The van der Waals surface area contributed by atoms with Crippen LogP contribution in [0.5, 0.6) is 11.5 Å². The van der Waals surface area contributed by atoms with Crippen molar-refractivity contribution in [2.24, 2.45) is 0 Å². The number of hydrogen-bond donors (Lipinski definition) is 2. The molecule has 0 aliphatic heterocycles. The van der Waals surface area contributed by atoms with Gasteiger partial charge in [0.15, 0.2) is 11.5 Å². The van der Waals surface area contributed by atoms with Gasteiger partial charge in [-0.25, -0.2) is 0 Å². The smallest absolute Gasteiger partial charge is 0.314 e. The summed E-state index contributed by atoms with van der Waals surface area (Å²) in [6.45, 7) is 0. The highest BCUT2D eigenvalue weighted by Crippen LogP contribution is 2.50. The molecule has 2 rings (SSSR count). The summed E-state index contributed by atoms with van der Waals surface area (Å²) in [6, 6.07) is 3.35. The zero-order valence-corrected chi connectivity index (χ0v) is 11.0. The lowest BCUT2D eigenvalue weighted by molar-refractivity contribution is -0.147. The molecule has 1 aliphatic carbocycles. The van der Waals surface area contributed by atoms with Gasteiger partial charge in [0.1, 0.15) is 0 Å². The summed E-state index contributed by atoms with van der Waals surface area (Å²) in [5, 5.41) is 19.4. The van der Waals surface area contributed by atoms with Crippen LogP contribution in [-0.2, 0) is 10.2 Å². The van der Waals surface area contributed by atoms with Crippen molar-refractivity contribution >= 4 is 21.9 Å². The number of halogens is 1. The maximum absolute atomic E-state index is 11.4. The Morgan fingerprint density at radius 2 is 2.12 bits per heavy atom. The summed E-state index contributed by atoms with van der Waals surface area (Å²) < 4.78 is 5.68. The number of ether oxygens (including phenoxy) is 1. The molecule has 92 valence electrons. The van der Waals surface area contributed by atoms with E-state index in [9.17, 15) is 15.0 Å². The SMILES string of the molecule is COc1c(Br)ccc(C2(C(=O)O)CCC2)c1O. The molecule has 17 heavy (non-hydrogen) atoms. The number of phenolic OH excluding ortho intramolecular Hbond substituents is 1. The van der Waals surface area contributed by atoms with Crippen LogP contribution in [0, 0.1) is 0 Å². The lowest BCUT2D eigenvalue weighted by Crippen LogP contribution is -2.42. The fourth-order valence-corrected chi connectivity index (χ4v) is 2.74. The molecule has 0 heterocycles. The van der Waals surface area contributed by atoms with Crippen LogP contribution in [0.3, 0.4) is 0 Å². The van der Waals surface area contributed by atoms with Crippen LogP contribution in [0.1, 0.15) is 24.8 Å². The summed E-state index contributed by atoms with van der Waals surface area (Å²) in [5.41, 5.74) is -0.505. The fraction of sp³-hybridized carbons (Fsp3) is 0.417. The molecule has 0 saturated heterocycles. The van der Waals surface area contributed by atoms with Crippen molar-refractivity contribution in [1.82, 2.24) is 0 Å². The number of hydrogen-bond acceptors (Lipinski definition) is 3. The van der Waals surface area contributed by atoms with Gasteiger partial charge in [0.25, 0.3) is 0 Å². The zero-order chi connectivity index (χ0) is 12.6. The lowest BCUT2D eigenvalue weighted by atomic mass is 9.64. The van der Waals surface area contributed by atoms with Crippen molar-refractivity contribution in [2.45, 2.75) is 24.7 Å². The number of carbonyl (C=O) groups is 1. The Hall–Kier alpha value is -1.23. The van der Waals surface area contributed by atoms with Crippen LogP contribution in [0.4, 0.5) is 0 Å². The van der Waals surface area contributed by atoms with E-state index in [-0.39, 0.29) is 11.5 Å². The molecule has 0 aromatic heterocycles. The van der Waals surface area contributed by atoms with Crippen LogP contribution in [0.15, 0.2) is 16.6 Å². The minimum Gasteiger partial charge on any atom is -0.504 e. The highest BCUT2D eigenvalue weighted by atomic mass is 79.9. The van der Waals surface area contributed by atoms with E-state index in [1.165, 1.54) is 7.11 Å². The second-order valence-corrected chi connectivity index (χ2v) is 5.07. The van der Waals surface area contributed by atoms with Gasteiger partial charge < -0.3 is 14.9 Å². The van der Waals surface area contributed by atoms with Crippen molar-refractivity contribution < 1.29 is 19.7 Å². The van der Waals surface area contributed by atoms with Gasteiger partial charge in [0, 0.05) is 5.56 Å². The van der Waals surface area contributed by atoms with Crippen LogP contribution in [-0.4, -0.2) is 23.3 Å². The maximum atomic E-state index is 11.4. The lowest BCUT2D eigenvalue weighted by Gasteiger charge is -2.38. The Labute approximate surface area is 107 Å². The van der Waals surface area contributed by atoms with E-state index in [4.69, 9.17) is 4.74 Å². The van der Waals surface area contributed by atoms with Gasteiger partial charge in [-0.2, -0.15) is 0 Å². The highest BCUT2D eigenvalue weighted by molar-refractivity contribution is 9.10. The van der Waals surface area contributed by atoms with E-state index in [0.717, 1.165) is 6.42 Å². The Bertz CT molecular complexity index is 466. The molecule has 1 aliphatic rings. The first-order valence-electron chi connectivity index (χ1n) is 5.32. The molecule has 0 atom stereocenters. The zero-order valence-electron chi connectivity index (χ0n) is 9.36. The van der Waals surface area contributed by atoms with E-state index >= 15 is 0 Å². The topological polar surface area (TPSA) is 66.8 Å². The van der Waals surface area contributed by atoms with Crippen LogP contribution in [0.25, 0.3) is 0 Å². The standard InChI is InChI=1S/C12H13BrO4/c1-17-10-8(13)4-3-7(9(10)14)12(11(15)16)5-2-6-12/h3-4,14H,2,5-6H2,1H3,(H,15,16). The van der Waals surface area contributed by atoms with Gasteiger partial charge in [-0.05, 0) is 34.8 Å². The predicted molar refractivity (Wildman–Crippen MR) is 65.5 cm³/mol. The highest BCUT2D eigenvalue weighted by Gasteiger charge is 2.48. The minimum absolute atomic E-state index is 0.0797. The second kappa shape index (κ2) is 4.22. The summed E-state index contributed by atoms with van der Waals surface area (Å²) in [5.74, 6) is -0.678. The third-order valence-corrected chi connectivity index (χ3v) is 4.04. The predicted octanol–water partition coefficient (Wildman–Crippen LogP) is 2.67. The van der Waals surface area contributed by atoms with Gasteiger partial charge in [-0.1, -0.05) is 12.5 Å². The number of phenols is 1. The summed E-state index contributed by atoms with van der Waals surface area (Å²) in [4.78, 5) is 11.4. The monoisotopic (exact) mass is 300 g/mol. The molecular weight excluding hydrogens is 288 g/mol. The van der Waals surface area contributed by atoms with E-state index < -0.39 is 11.4 Å². The van der Waals surface area contributed by atoms with Gasteiger partial charge in [0.2, 0.25) is 0 Å². The third kappa shape index (κ3) is 1.69. The first-order valence-corrected chi connectivity index (χ1v) is 6.11. The first-order chi connectivity index (χ1) is 8.03. The third-order valence-electron chi connectivity index (χ3n) is 3.42. The molecule has 1 aromatic carbocycles. The minimum atomic E-state index is -0.946. The number of aliphatic carboxylic acids is 1. The average Bonchev–Trinajstić information content (AvgIpc) is 2.20. The van der Waals surface area contributed by atoms with Gasteiger partial charge >= 0.3 is 5.97 Å². The second-order valence-electron chi connectivity index (χ2n) is 4.22. The summed E-state index contributed by atoms with van der Waals surface area (Å²) in [6.07, 6.45) is 1.98.